The quantitative estimate of drug-likeness (QED) is 0.611. The molecular formula is C19H18N2O4S2. The Morgan fingerprint density at radius 1 is 1.30 bits per heavy atom. The maximum atomic E-state index is 12.9. The van der Waals surface area contributed by atoms with E-state index in [0.717, 1.165) is 21.8 Å². The van der Waals surface area contributed by atoms with Gasteiger partial charge in [0.2, 0.25) is 5.91 Å². The summed E-state index contributed by atoms with van der Waals surface area (Å²) in [5, 5.41) is 1.74. The normalized spacial score (nSPS) is 21.6. The number of carbonyl (C=O) groups is 2. The summed E-state index contributed by atoms with van der Waals surface area (Å²) in [6.07, 6.45) is 0. The lowest BCUT2D eigenvalue weighted by Gasteiger charge is -2.48. The van der Waals surface area contributed by atoms with Crippen molar-refractivity contribution in [3.63, 3.8) is 0 Å². The Labute approximate surface area is 164 Å². The lowest BCUT2D eigenvalue weighted by Crippen LogP contribution is -2.68. The van der Waals surface area contributed by atoms with Crippen LogP contribution in [0, 0.1) is 0 Å². The number of thioether (sulfide) groups is 1. The predicted molar refractivity (Wildman–Crippen MR) is 105 cm³/mol. The first-order valence-corrected chi connectivity index (χ1v) is 10.3. The molecule has 4 rings (SSSR count). The van der Waals surface area contributed by atoms with Crippen LogP contribution in [0.25, 0.3) is 5.57 Å². The Kier molecular flexibility index (Phi) is 4.94. The number of nitrogens with two attached hydrogens (primary N) is 1. The monoisotopic (exact) mass is 402 g/mol. The number of hydrogen-bond donors (Lipinski definition) is 1. The molecule has 0 spiro atoms. The standard InChI is InChI=1S/C19H18N2O4S2/c1-24-12-6-4-11(5-7-12)9-25-19(23)16-13(14-3-2-8-26-14)10-27-18-15(20)17(22)21(16)18/h2-8,15,18H,9-10,20H2,1H3/t15-,18-/m1/s1. The molecular weight excluding hydrogens is 384 g/mol. The molecule has 2 aliphatic rings. The molecule has 0 unspecified atom stereocenters. The molecule has 2 atom stereocenters. The second kappa shape index (κ2) is 7.38. The molecule has 2 N–H and O–H groups in total. The molecule has 2 aliphatic heterocycles. The molecule has 3 heterocycles. The topological polar surface area (TPSA) is 81.9 Å². The van der Waals surface area contributed by atoms with Gasteiger partial charge in [0.25, 0.3) is 0 Å². The Hall–Kier alpha value is -2.29. The minimum Gasteiger partial charge on any atom is -0.497 e. The summed E-state index contributed by atoms with van der Waals surface area (Å²) in [4.78, 5) is 27.7. The van der Waals surface area contributed by atoms with Crippen LogP contribution in [0.2, 0.25) is 0 Å². The molecule has 6 nitrogen and oxygen atoms in total. The van der Waals surface area contributed by atoms with E-state index < -0.39 is 12.0 Å². The fourth-order valence-electron chi connectivity index (χ4n) is 3.08. The second-order valence-electron chi connectivity index (χ2n) is 6.16. The minimum absolute atomic E-state index is 0.121. The van der Waals surface area contributed by atoms with Crippen molar-refractivity contribution in [2.75, 3.05) is 12.9 Å². The Morgan fingerprint density at radius 3 is 2.74 bits per heavy atom. The van der Waals surface area contributed by atoms with Gasteiger partial charge in [0.15, 0.2) is 0 Å². The van der Waals surface area contributed by atoms with E-state index >= 15 is 0 Å². The first kappa shape index (κ1) is 18.1. The fraction of sp³-hybridized carbons (Fsp3) is 0.263. The molecule has 2 aromatic rings. The van der Waals surface area contributed by atoms with Gasteiger partial charge in [-0.2, -0.15) is 0 Å². The molecule has 1 amide bonds. The third kappa shape index (κ3) is 3.24. The van der Waals surface area contributed by atoms with Gasteiger partial charge in [-0.25, -0.2) is 4.79 Å². The number of β-lactam (4-membered cyclic amide) rings is 1. The van der Waals surface area contributed by atoms with Gasteiger partial charge in [-0.1, -0.05) is 18.2 Å². The predicted octanol–water partition coefficient (Wildman–Crippen LogP) is 2.45. The molecule has 8 heteroatoms. The van der Waals surface area contributed by atoms with Crippen molar-refractivity contribution in [2.24, 2.45) is 5.73 Å². The van der Waals surface area contributed by atoms with Gasteiger partial charge in [-0.3, -0.25) is 9.69 Å². The van der Waals surface area contributed by atoms with Crippen molar-refractivity contribution in [2.45, 2.75) is 18.0 Å². The van der Waals surface area contributed by atoms with Crippen LogP contribution in [0.5, 0.6) is 5.75 Å². The van der Waals surface area contributed by atoms with E-state index in [1.807, 2.05) is 41.8 Å². The minimum atomic E-state index is -0.565. The van der Waals surface area contributed by atoms with E-state index in [1.165, 1.54) is 16.2 Å². The first-order valence-electron chi connectivity index (χ1n) is 8.37. The number of ether oxygens (including phenoxy) is 2. The number of carbonyl (C=O) groups excluding carboxylic acids is 2. The summed E-state index contributed by atoms with van der Waals surface area (Å²) in [5.41, 5.74) is 7.89. The largest absolute Gasteiger partial charge is 0.497 e. The number of nitrogens with zero attached hydrogens (tertiary/aromatic N) is 1. The Balaban J connectivity index is 1.58. The molecule has 0 bridgehead atoms. The van der Waals surface area contributed by atoms with E-state index in [0.29, 0.717) is 11.4 Å². The van der Waals surface area contributed by atoms with Crippen molar-refractivity contribution < 1.29 is 19.1 Å². The van der Waals surface area contributed by atoms with Crippen molar-refractivity contribution in [3.8, 4) is 5.75 Å². The zero-order valence-electron chi connectivity index (χ0n) is 14.6. The summed E-state index contributed by atoms with van der Waals surface area (Å²) in [6, 6.07) is 10.6. The Bertz CT molecular complexity index is 893. The smallest absolute Gasteiger partial charge is 0.355 e. The third-order valence-electron chi connectivity index (χ3n) is 4.55. The van der Waals surface area contributed by atoms with Crippen molar-refractivity contribution >= 4 is 40.5 Å². The van der Waals surface area contributed by atoms with Crippen molar-refractivity contribution in [1.29, 1.82) is 0 Å². The molecule has 0 saturated carbocycles. The molecule has 1 aromatic heterocycles. The van der Waals surface area contributed by atoms with Crippen LogP contribution in [-0.2, 0) is 20.9 Å². The van der Waals surface area contributed by atoms with E-state index in [1.54, 1.807) is 18.9 Å². The third-order valence-corrected chi connectivity index (χ3v) is 6.78. The number of benzene rings is 1. The summed E-state index contributed by atoms with van der Waals surface area (Å²) in [7, 11) is 1.60. The second-order valence-corrected chi connectivity index (χ2v) is 8.22. The van der Waals surface area contributed by atoms with Gasteiger partial charge in [-0.15, -0.1) is 23.1 Å². The van der Waals surface area contributed by atoms with E-state index in [-0.39, 0.29) is 17.9 Å². The van der Waals surface area contributed by atoms with Crippen LogP contribution in [0.3, 0.4) is 0 Å². The highest BCUT2D eigenvalue weighted by atomic mass is 32.2. The van der Waals surface area contributed by atoms with Gasteiger partial charge in [0.05, 0.1) is 7.11 Å². The molecule has 1 fully saturated rings. The van der Waals surface area contributed by atoms with E-state index in [2.05, 4.69) is 0 Å². The number of amides is 1. The molecule has 1 aromatic carbocycles. The molecule has 27 heavy (non-hydrogen) atoms. The van der Waals surface area contributed by atoms with Crippen LogP contribution in [0.4, 0.5) is 0 Å². The summed E-state index contributed by atoms with van der Waals surface area (Å²) in [6.45, 7) is 0.121. The van der Waals surface area contributed by atoms with Crippen LogP contribution in [-0.4, -0.2) is 41.1 Å². The number of rotatable bonds is 5. The maximum Gasteiger partial charge on any atom is 0.355 e. The van der Waals surface area contributed by atoms with Crippen LogP contribution in [0.15, 0.2) is 47.5 Å². The summed E-state index contributed by atoms with van der Waals surface area (Å²) in [5.74, 6) is 0.618. The summed E-state index contributed by atoms with van der Waals surface area (Å²) < 4.78 is 10.7. The molecule has 1 saturated heterocycles. The van der Waals surface area contributed by atoms with Gasteiger partial charge >= 0.3 is 5.97 Å². The Morgan fingerprint density at radius 2 is 2.07 bits per heavy atom. The van der Waals surface area contributed by atoms with E-state index in [4.69, 9.17) is 15.2 Å². The number of fused-ring (bicyclic) bond motifs is 1. The summed E-state index contributed by atoms with van der Waals surface area (Å²) >= 11 is 3.11. The van der Waals surface area contributed by atoms with Crippen LogP contribution >= 0.6 is 23.1 Å². The maximum absolute atomic E-state index is 12.9. The van der Waals surface area contributed by atoms with E-state index in [9.17, 15) is 9.59 Å². The average Bonchev–Trinajstić information content (AvgIpc) is 3.25. The van der Waals surface area contributed by atoms with Gasteiger partial charge in [0.1, 0.15) is 29.5 Å². The van der Waals surface area contributed by atoms with Crippen molar-refractivity contribution in [1.82, 2.24) is 4.90 Å². The van der Waals surface area contributed by atoms with Crippen LogP contribution in [0.1, 0.15) is 10.4 Å². The number of methoxy groups -OCH3 is 1. The molecule has 140 valence electrons. The lowest BCUT2D eigenvalue weighted by atomic mass is 10.0. The average molecular weight is 402 g/mol. The number of thiophene rings is 1. The van der Waals surface area contributed by atoms with Gasteiger partial charge < -0.3 is 15.2 Å². The zero-order valence-corrected chi connectivity index (χ0v) is 16.2. The highest BCUT2D eigenvalue weighted by Crippen LogP contribution is 2.43. The first-order chi connectivity index (χ1) is 13.1. The highest BCUT2D eigenvalue weighted by molar-refractivity contribution is 8.00. The molecule has 0 aliphatic carbocycles. The van der Waals surface area contributed by atoms with Crippen LogP contribution < -0.4 is 10.5 Å². The fourth-order valence-corrected chi connectivity index (χ4v) is 5.26. The number of hydrogen-bond acceptors (Lipinski definition) is 7. The SMILES string of the molecule is COc1ccc(COC(=O)C2=C(c3cccs3)CS[C@@H]3[C@H](N)C(=O)N23)cc1. The van der Waals surface area contributed by atoms with Crippen molar-refractivity contribution in [3.05, 3.63) is 57.9 Å². The van der Waals surface area contributed by atoms with Gasteiger partial charge in [0, 0.05) is 16.2 Å². The lowest BCUT2D eigenvalue weighted by molar-refractivity contribution is -0.151. The molecule has 0 radical (unpaired) electrons. The highest BCUT2D eigenvalue weighted by Gasteiger charge is 2.52. The van der Waals surface area contributed by atoms with Gasteiger partial charge in [-0.05, 0) is 29.1 Å². The zero-order chi connectivity index (χ0) is 19.0. The number of esters is 1.